The molecule has 1 atom stereocenters. The molecule has 2 aliphatic rings. The zero-order chi connectivity index (χ0) is 18.5. The van der Waals surface area contributed by atoms with Crippen LogP contribution in [-0.2, 0) is 14.0 Å². The van der Waals surface area contributed by atoms with E-state index in [-0.39, 0.29) is 6.23 Å². The third-order valence-electron chi connectivity index (χ3n) is 5.89. The van der Waals surface area contributed by atoms with Crippen LogP contribution in [0.2, 0.25) is 0 Å². The molecule has 1 unspecified atom stereocenters. The standard InChI is InChI=1S/C19H27BN2O4/c1-18(2)19(3,4)26-20(25-18)15-10-13(23-5)11-16-14(15)12-21-22(16)17-8-6-7-9-24-17/h10-12,17H,6-9H2,1-5H3. The Labute approximate surface area is 154 Å². The Morgan fingerprint density at radius 2 is 1.88 bits per heavy atom. The minimum atomic E-state index is -0.456. The number of ether oxygens (including phenoxy) is 2. The monoisotopic (exact) mass is 358 g/mol. The summed E-state index contributed by atoms with van der Waals surface area (Å²) in [5.41, 5.74) is 1.14. The maximum absolute atomic E-state index is 6.27. The molecule has 1 aromatic carbocycles. The fourth-order valence-corrected chi connectivity index (χ4v) is 3.57. The largest absolute Gasteiger partial charge is 0.497 e. The molecule has 1 aromatic heterocycles. The molecule has 6 nitrogen and oxygen atoms in total. The number of methoxy groups -OCH3 is 1. The van der Waals surface area contributed by atoms with Crippen LogP contribution in [0.1, 0.15) is 53.2 Å². The Morgan fingerprint density at radius 3 is 2.50 bits per heavy atom. The molecule has 0 radical (unpaired) electrons. The van der Waals surface area contributed by atoms with Gasteiger partial charge in [-0.25, -0.2) is 4.68 Å². The van der Waals surface area contributed by atoms with E-state index in [1.54, 1.807) is 7.11 Å². The van der Waals surface area contributed by atoms with Crippen LogP contribution in [-0.4, -0.2) is 41.8 Å². The Bertz CT molecular complexity index is 795. The number of hydrogen-bond donors (Lipinski definition) is 0. The van der Waals surface area contributed by atoms with Gasteiger partial charge in [-0.3, -0.25) is 0 Å². The van der Waals surface area contributed by atoms with Gasteiger partial charge in [0.15, 0.2) is 6.23 Å². The van der Waals surface area contributed by atoms with Crippen molar-refractivity contribution < 1.29 is 18.8 Å². The molecule has 0 bridgehead atoms. The Morgan fingerprint density at radius 1 is 1.15 bits per heavy atom. The molecule has 140 valence electrons. The summed E-state index contributed by atoms with van der Waals surface area (Å²) in [5, 5.41) is 5.64. The predicted molar refractivity (Wildman–Crippen MR) is 101 cm³/mol. The molecule has 2 aliphatic heterocycles. The van der Waals surface area contributed by atoms with E-state index < -0.39 is 18.3 Å². The highest BCUT2D eigenvalue weighted by atomic mass is 16.7. The van der Waals surface area contributed by atoms with E-state index in [2.05, 4.69) is 32.8 Å². The number of aromatic nitrogens is 2. The second-order valence-electron chi connectivity index (χ2n) is 8.15. The number of rotatable bonds is 3. The minimum Gasteiger partial charge on any atom is -0.497 e. The molecule has 0 saturated carbocycles. The van der Waals surface area contributed by atoms with Crippen molar-refractivity contribution in [1.82, 2.24) is 9.78 Å². The van der Waals surface area contributed by atoms with E-state index in [0.717, 1.165) is 48.0 Å². The summed E-state index contributed by atoms with van der Waals surface area (Å²) >= 11 is 0. The van der Waals surface area contributed by atoms with Gasteiger partial charge in [-0.2, -0.15) is 5.10 Å². The van der Waals surface area contributed by atoms with Crippen LogP contribution in [0.4, 0.5) is 0 Å². The first-order valence-electron chi connectivity index (χ1n) is 9.35. The Balaban J connectivity index is 1.79. The fraction of sp³-hybridized carbons (Fsp3) is 0.632. The third-order valence-corrected chi connectivity index (χ3v) is 5.89. The number of benzene rings is 1. The molecule has 0 N–H and O–H groups in total. The predicted octanol–water partition coefficient (Wildman–Crippen LogP) is 3.04. The molecule has 0 spiro atoms. The van der Waals surface area contributed by atoms with E-state index in [0.29, 0.717) is 0 Å². The van der Waals surface area contributed by atoms with Crippen LogP contribution < -0.4 is 10.2 Å². The molecule has 2 fully saturated rings. The molecular weight excluding hydrogens is 331 g/mol. The van der Waals surface area contributed by atoms with Crippen molar-refractivity contribution in [1.29, 1.82) is 0 Å². The SMILES string of the molecule is COc1cc(B2OC(C)(C)C(C)(C)O2)c2cnn(C3CCCCO3)c2c1. The highest BCUT2D eigenvalue weighted by Crippen LogP contribution is 2.37. The van der Waals surface area contributed by atoms with E-state index in [1.807, 2.05) is 23.0 Å². The van der Waals surface area contributed by atoms with Crippen molar-refractivity contribution in [2.75, 3.05) is 13.7 Å². The zero-order valence-electron chi connectivity index (χ0n) is 16.2. The van der Waals surface area contributed by atoms with Gasteiger partial charge in [-0.15, -0.1) is 0 Å². The summed E-state index contributed by atoms with van der Waals surface area (Å²) < 4.78 is 26.0. The lowest BCUT2D eigenvalue weighted by molar-refractivity contribution is -0.0366. The van der Waals surface area contributed by atoms with Gasteiger partial charge in [0.1, 0.15) is 5.75 Å². The summed E-state index contributed by atoms with van der Waals surface area (Å²) in [5.74, 6) is 0.764. The molecule has 3 heterocycles. The van der Waals surface area contributed by atoms with Crippen molar-refractivity contribution in [2.24, 2.45) is 0 Å². The first kappa shape index (κ1) is 17.8. The van der Waals surface area contributed by atoms with E-state index >= 15 is 0 Å². The molecule has 7 heteroatoms. The second-order valence-corrected chi connectivity index (χ2v) is 8.15. The number of nitrogens with zero attached hydrogens (tertiary/aromatic N) is 2. The number of hydrogen-bond acceptors (Lipinski definition) is 5. The van der Waals surface area contributed by atoms with Gasteiger partial charge in [0.2, 0.25) is 0 Å². The summed E-state index contributed by atoms with van der Waals surface area (Å²) in [7, 11) is 1.22. The molecule has 0 aliphatic carbocycles. The third kappa shape index (κ3) is 2.82. The van der Waals surface area contributed by atoms with Crippen LogP contribution in [0.3, 0.4) is 0 Å². The van der Waals surface area contributed by atoms with Crippen LogP contribution in [0.25, 0.3) is 10.9 Å². The van der Waals surface area contributed by atoms with E-state index in [9.17, 15) is 0 Å². The second kappa shape index (κ2) is 6.25. The Kier molecular flexibility index (Phi) is 4.29. The zero-order valence-corrected chi connectivity index (χ0v) is 16.2. The number of fused-ring (bicyclic) bond motifs is 1. The topological polar surface area (TPSA) is 54.7 Å². The van der Waals surface area contributed by atoms with Crippen LogP contribution in [0.15, 0.2) is 18.3 Å². The van der Waals surface area contributed by atoms with Gasteiger partial charge >= 0.3 is 7.12 Å². The van der Waals surface area contributed by atoms with Crippen molar-refractivity contribution >= 4 is 23.5 Å². The van der Waals surface area contributed by atoms with Gasteiger partial charge in [0.05, 0.1) is 30.0 Å². The fourth-order valence-electron chi connectivity index (χ4n) is 3.57. The highest BCUT2D eigenvalue weighted by Gasteiger charge is 2.52. The highest BCUT2D eigenvalue weighted by molar-refractivity contribution is 6.65. The lowest BCUT2D eigenvalue weighted by atomic mass is 9.77. The van der Waals surface area contributed by atoms with Crippen LogP contribution in [0.5, 0.6) is 5.75 Å². The van der Waals surface area contributed by atoms with Gasteiger partial charge in [0.25, 0.3) is 0 Å². The summed E-state index contributed by atoms with van der Waals surface area (Å²) in [6.45, 7) is 9.01. The average molecular weight is 358 g/mol. The van der Waals surface area contributed by atoms with Crippen LogP contribution >= 0.6 is 0 Å². The molecule has 4 rings (SSSR count). The molecule has 2 saturated heterocycles. The summed E-state index contributed by atoms with van der Waals surface area (Å²) in [6, 6.07) is 3.99. The molecule has 2 aromatic rings. The van der Waals surface area contributed by atoms with Crippen LogP contribution in [0, 0.1) is 0 Å². The first-order valence-corrected chi connectivity index (χ1v) is 9.35. The van der Waals surface area contributed by atoms with Gasteiger partial charge in [-0.1, -0.05) is 0 Å². The smallest absolute Gasteiger partial charge is 0.495 e. The maximum Gasteiger partial charge on any atom is 0.495 e. The van der Waals surface area contributed by atoms with Crippen molar-refractivity contribution in [3.05, 3.63) is 18.3 Å². The van der Waals surface area contributed by atoms with Gasteiger partial charge in [-0.05, 0) is 58.5 Å². The van der Waals surface area contributed by atoms with Crippen molar-refractivity contribution in [3.63, 3.8) is 0 Å². The lowest BCUT2D eigenvalue weighted by Gasteiger charge is -2.32. The maximum atomic E-state index is 6.27. The average Bonchev–Trinajstić information content (AvgIpc) is 3.12. The van der Waals surface area contributed by atoms with E-state index in [4.69, 9.17) is 18.8 Å². The lowest BCUT2D eigenvalue weighted by Crippen LogP contribution is -2.41. The van der Waals surface area contributed by atoms with Crippen molar-refractivity contribution in [3.8, 4) is 5.75 Å². The quantitative estimate of drug-likeness (QED) is 0.790. The Hall–Kier alpha value is -1.57. The van der Waals surface area contributed by atoms with Gasteiger partial charge in [0, 0.05) is 18.1 Å². The van der Waals surface area contributed by atoms with E-state index in [1.165, 1.54) is 0 Å². The summed E-state index contributed by atoms with van der Waals surface area (Å²) in [6.07, 6.45) is 5.09. The minimum absolute atomic E-state index is 0.0282. The first-order chi connectivity index (χ1) is 12.3. The van der Waals surface area contributed by atoms with Gasteiger partial charge < -0.3 is 18.8 Å². The molecule has 26 heavy (non-hydrogen) atoms. The molecule has 0 amide bonds. The molecular formula is C19H27BN2O4. The van der Waals surface area contributed by atoms with Crippen molar-refractivity contribution in [2.45, 2.75) is 64.4 Å². The normalized spacial score (nSPS) is 25.0. The summed E-state index contributed by atoms with van der Waals surface area (Å²) in [4.78, 5) is 0.